The van der Waals surface area contributed by atoms with E-state index in [4.69, 9.17) is 31.3 Å². The fourth-order valence-corrected chi connectivity index (χ4v) is 7.84. The molecular weight excluding hydrogens is 1610 g/mol. The van der Waals surface area contributed by atoms with Crippen LogP contribution in [0.5, 0.6) is 0 Å². The summed E-state index contributed by atoms with van der Waals surface area (Å²) in [7, 11) is -3.46. The normalized spacial score (nSPS) is 11.0. The first-order valence-corrected chi connectivity index (χ1v) is 36.8. The SMILES string of the molecule is CC(=O)/C=C/c1ccc(F)cc1.CC(=O)CCc1ccc(F)cc1.CC(C)(C)[S@@](N)=O.CC(C)(CCc1ccc(F)cc1)N[S@](=O)C(C)(C)C.CC(C)(N)CCc1ccc(F)cc1.CC(CCc1ccc(F)cc1)=N[S@](=O)C(C)(C)C.CCO.CCO.CCO.CCO.Cl.O=Cc1ccc(F)cc1.[Br-].[CH3-].[Mg+2].[Na+].[OH-].[Ti]. The van der Waals surface area contributed by atoms with Gasteiger partial charge in [0.1, 0.15) is 58.0 Å². The number of carbonyl (C=O) groups excluding carboxylic acids is 3. The number of hydrogen-bond donors (Lipinski definition) is 7. The van der Waals surface area contributed by atoms with Crippen LogP contribution < -0.4 is 62.1 Å². The Morgan fingerprint density at radius 2 is 0.743 bits per heavy atom. The number of carbonyl (C=O) groups is 3. The average molecular weight is 1740 g/mol. The summed E-state index contributed by atoms with van der Waals surface area (Å²) in [5, 5.41) is 35.3. The standard InChI is InChI=1S/C15H24FNOS.C14H20FNOS.C11H16FN.C10H11FO.C10H9FO.C7H5FO.C4H11NOS.4C2H6O.CH3.BrH.ClH.Mg.Na.H2O.Ti/c1-14(2,3)19(18)17-15(4,5)11-10-12-6-8-13(16)9-7-12;1-11(16-18(17)14(2,3)4)5-6-12-7-9-13(15)10-8-12;1-11(2,13)8-7-9-3-5-10(12)6-4-9;2*1-8(12)2-3-9-4-6-10(11)7-5-9;8-7-3-1-6(5-9)2-4-7;1-4(2,3)7(5)6;4*1-2-3;;;;;;;/h6-9,17H,10-11H2,1-5H3;7-10H,5-6H2,1-4H3;3-6H,7-8,13H2,1-2H3;4-7H,2-3H2,1H3;2-7H,1H3;1-5H;5H2,1-3H3;4*3H,2H2,1H3;1H3;2*1H;;;1H2;/q;;;;;;;;;;;-1;;;+2;+1;;/p-2/b;;;;3-2+;;;;;;;;;;;;;/t19-;18-;;;;;7-;;;;;;;;;;;/m11....0.........../s1. The van der Waals surface area contributed by atoms with Crippen LogP contribution in [0.25, 0.3) is 6.08 Å². The number of ketones is 2. The summed E-state index contributed by atoms with van der Waals surface area (Å²) >= 11 is 0. The van der Waals surface area contributed by atoms with Crippen molar-refractivity contribution in [3.05, 3.63) is 227 Å². The number of aliphatic hydroxyl groups excluding tert-OH is 4. The third-order valence-corrected chi connectivity index (χ3v) is 16.6. The molecule has 0 heterocycles. The van der Waals surface area contributed by atoms with Crippen LogP contribution in [0.1, 0.15) is 202 Å². The molecule has 0 saturated heterocycles. The van der Waals surface area contributed by atoms with Crippen molar-refractivity contribution in [2.24, 2.45) is 15.3 Å². The van der Waals surface area contributed by atoms with E-state index in [0.29, 0.717) is 24.7 Å². The molecule has 0 aliphatic rings. The van der Waals surface area contributed by atoms with Crippen LogP contribution in [0.15, 0.2) is 156 Å². The van der Waals surface area contributed by atoms with Crippen LogP contribution in [-0.4, -0.2) is 137 Å². The van der Waals surface area contributed by atoms with Gasteiger partial charge >= 0.3 is 52.6 Å². The Morgan fingerprint density at radius 1 is 0.486 bits per heavy atom. The number of halogens is 8. The van der Waals surface area contributed by atoms with Gasteiger partial charge in [0.25, 0.3) is 0 Å². The molecule has 612 valence electrons. The summed E-state index contributed by atoms with van der Waals surface area (Å²) in [6, 6.07) is 37.1. The van der Waals surface area contributed by atoms with Crippen LogP contribution in [-0.2, 0) is 89.9 Å². The molecule has 6 aromatic rings. The van der Waals surface area contributed by atoms with E-state index in [1.807, 2.05) is 96.9 Å². The minimum atomic E-state index is -1.20. The smallest absolute Gasteiger partial charge is 1.00 e. The van der Waals surface area contributed by atoms with Crippen LogP contribution in [0.2, 0.25) is 0 Å². The Balaban J connectivity index is -0.0000000986. The van der Waals surface area contributed by atoms with Gasteiger partial charge in [-0.1, -0.05) is 66.7 Å². The van der Waals surface area contributed by atoms with Gasteiger partial charge in [0.15, 0.2) is 5.78 Å². The Bertz CT molecular complexity index is 3300. The molecule has 0 bridgehead atoms. The monoisotopic (exact) mass is 1740 g/mol. The summed E-state index contributed by atoms with van der Waals surface area (Å²) in [6.07, 6.45) is 10.1. The van der Waals surface area contributed by atoms with Crippen molar-refractivity contribution >= 4 is 98.1 Å². The van der Waals surface area contributed by atoms with E-state index in [1.54, 1.807) is 101 Å². The zero-order valence-corrected chi connectivity index (χ0v) is 78.2. The molecule has 109 heavy (non-hydrogen) atoms. The molecule has 6 aromatic carbocycles. The van der Waals surface area contributed by atoms with Gasteiger partial charge in [0.05, 0.1) is 36.2 Å². The van der Waals surface area contributed by atoms with Gasteiger partial charge in [-0.25, -0.2) is 43.7 Å². The molecule has 0 saturated carbocycles. The number of aldehydes is 1. The van der Waals surface area contributed by atoms with Crippen LogP contribution in [0.4, 0.5) is 26.3 Å². The van der Waals surface area contributed by atoms with Crippen molar-refractivity contribution in [3.8, 4) is 0 Å². The van der Waals surface area contributed by atoms with E-state index in [1.165, 1.54) is 97.9 Å². The maximum atomic E-state index is 12.8. The Hall–Kier alpha value is -3.30. The summed E-state index contributed by atoms with van der Waals surface area (Å²) in [5.41, 5.74) is 12.0. The second-order valence-electron chi connectivity index (χ2n) is 26.6. The van der Waals surface area contributed by atoms with Crippen molar-refractivity contribution < 1.29 is 148 Å². The molecule has 0 spiro atoms. The van der Waals surface area contributed by atoms with Crippen molar-refractivity contribution in [2.45, 2.75) is 215 Å². The van der Waals surface area contributed by atoms with Gasteiger partial charge in [0.2, 0.25) is 0 Å². The Morgan fingerprint density at radius 3 is 0.982 bits per heavy atom. The fourth-order valence-electron chi connectivity index (χ4n) is 6.28. The maximum absolute atomic E-state index is 12.8. The molecule has 0 aliphatic carbocycles. The van der Waals surface area contributed by atoms with Crippen LogP contribution in [0, 0.1) is 42.3 Å². The number of nitrogens with two attached hydrogens (primary N) is 2. The second kappa shape index (κ2) is 76.0. The second-order valence-corrected chi connectivity index (χ2v) is 32.3. The van der Waals surface area contributed by atoms with Gasteiger partial charge in [-0.2, -0.15) is 4.40 Å². The van der Waals surface area contributed by atoms with Crippen molar-refractivity contribution in [2.75, 3.05) is 26.4 Å². The first-order valence-electron chi connectivity index (χ1n) is 33.3. The number of aliphatic hydroxyl groups is 4. The molecule has 15 nitrogen and oxygen atoms in total. The predicted octanol–water partition coefficient (Wildman–Crippen LogP) is 10.9. The fraction of sp³-hybridized carbons (Fsp3) is 0.463. The van der Waals surface area contributed by atoms with E-state index >= 15 is 0 Å². The minimum absolute atomic E-state index is 0. The van der Waals surface area contributed by atoms with Gasteiger partial charge in [0, 0.05) is 76.9 Å². The predicted molar refractivity (Wildman–Crippen MR) is 436 cm³/mol. The summed E-state index contributed by atoms with van der Waals surface area (Å²) < 4.78 is 116. The molecule has 0 amide bonds. The number of hydrogen-bond acceptors (Lipinski definition) is 12. The molecule has 0 unspecified atom stereocenters. The minimum Gasteiger partial charge on any atom is -1.00 e. The molecule has 3 atom stereocenters. The van der Waals surface area contributed by atoms with E-state index in [-0.39, 0.29) is 215 Å². The van der Waals surface area contributed by atoms with Crippen molar-refractivity contribution in [3.63, 3.8) is 0 Å². The first kappa shape index (κ1) is 132. The van der Waals surface area contributed by atoms with Gasteiger partial charge in [-0.05, 0) is 302 Å². The molecule has 0 aromatic heterocycles. The van der Waals surface area contributed by atoms with E-state index < -0.39 is 33.0 Å². The molecule has 0 aliphatic heterocycles. The molecule has 6 rings (SSSR count). The van der Waals surface area contributed by atoms with E-state index in [0.717, 1.165) is 72.1 Å². The third-order valence-electron chi connectivity index (χ3n) is 12.0. The van der Waals surface area contributed by atoms with Crippen LogP contribution >= 0.6 is 12.4 Å². The van der Waals surface area contributed by atoms with Gasteiger partial charge < -0.3 is 60.8 Å². The summed E-state index contributed by atoms with van der Waals surface area (Å²) in [6.45, 7) is 37.8. The molecule has 10 N–H and O–H groups in total. The summed E-state index contributed by atoms with van der Waals surface area (Å²) in [5.74, 6) is -1.29. The zero-order valence-electron chi connectivity index (χ0n) is 68.3. The zero-order chi connectivity index (χ0) is 79.9. The molecule has 0 radical (unpaired) electrons. The van der Waals surface area contributed by atoms with E-state index in [9.17, 15) is 53.4 Å². The average Bonchev–Trinajstić information content (AvgIpc) is 0.864. The number of Topliss-reactive ketones (excluding diaryl/α,β-unsaturated/α-hetero) is 1. The summed E-state index contributed by atoms with van der Waals surface area (Å²) in [4.78, 5) is 31.1. The maximum Gasteiger partial charge on any atom is 2.00 e. The molecular formula is C80H125BrClF6MgN4NaO11S3Ti. The largest absolute Gasteiger partial charge is 2.00 e. The van der Waals surface area contributed by atoms with Gasteiger partial charge in [-0.15, -0.1) is 12.4 Å². The Kier molecular flexibility index (Phi) is 92.0. The van der Waals surface area contributed by atoms with Crippen molar-refractivity contribution in [1.29, 1.82) is 0 Å². The van der Waals surface area contributed by atoms with E-state index in [2.05, 4.69) is 9.12 Å². The number of nitrogens with zero attached hydrogens (tertiary/aromatic N) is 1. The number of nitrogens with one attached hydrogen (secondary N) is 1. The number of aryl methyl sites for hydroxylation is 4. The Labute approximate surface area is 727 Å². The number of allylic oxidation sites excluding steroid dienone is 1. The quantitative estimate of drug-likeness (QED) is 0.0106. The number of rotatable bonds is 18. The first-order chi connectivity index (χ1) is 47.1. The molecule has 29 heteroatoms. The third kappa shape index (κ3) is 86.9. The molecule has 0 fully saturated rings. The van der Waals surface area contributed by atoms with Gasteiger partial charge in [-0.3, -0.25) is 14.7 Å². The number of benzene rings is 6. The van der Waals surface area contributed by atoms with Crippen molar-refractivity contribution in [1.82, 2.24) is 4.72 Å². The van der Waals surface area contributed by atoms with Crippen LogP contribution in [0.3, 0.4) is 0 Å². The topological polar surface area (TPSA) is 290 Å².